The third-order valence-corrected chi connectivity index (χ3v) is 8.92. The van der Waals surface area contributed by atoms with Gasteiger partial charge in [-0.3, -0.25) is 9.59 Å². The molecule has 51 heavy (non-hydrogen) atoms. The molecule has 0 heterocycles. The summed E-state index contributed by atoms with van der Waals surface area (Å²) in [6.07, 6.45) is 1.18. The Labute approximate surface area is 298 Å². The van der Waals surface area contributed by atoms with E-state index < -0.39 is 12.2 Å². The van der Waals surface area contributed by atoms with E-state index in [9.17, 15) is 9.59 Å². The monoisotopic (exact) mass is 696 g/mol. The molecule has 0 fully saturated rings. The van der Waals surface area contributed by atoms with Crippen molar-refractivity contribution >= 4 is 22.7 Å². The molecule has 5 rings (SSSR count). The lowest BCUT2D eigenvalue weighted by molar-refractivity contribution is 0.0808. The van der Waals surface area contributed by atoms with Crippen LogP contribution in [0.15, 0.2) is 72.8 Å². The van der Waals surface area contributed by atoms with E-state index in [4.69, 9.17) is 37.9 Å². The van der Waals surface area contributed by atoms with E-state index in [1.165, 1.54) is 25.4 Å². The topological polar surface area (TPSA) is 108 Å². The van der Waals surface area contributed by atoms with E-state index in [1.807, 2.05) is 36.4 Å². The fraction of sp³-hybridized carbons (Fsp3) is 0.317. The molecule has 4 aromatic carbocycles. The van der Waals surface area contributed by atoms with Gasteiger partial charge in [-0.25, -0.2) is 0 Å². The fourth-order valence-corrected chi connectivity index (χ4v) is 6.22. The first-order valence-corrected chi connectivity index (χ1v) is 16.6. The van der Waals surface area contributed by atoms with Crippen LogP contribution in [0.1, 0.15) is 65.0 Å². The van der Waals surface area contributed by atoms with Crippen molar-refractivity contribution in [3.63, 3.8) is 0 Å². The molecule has 0 radical (unpaired) electrons. The van der Waals surface area contributed by atoms with E-state index >= 15 is 0 Å². The molecule has 0 saturated heterocycles. The van der Waals surface area contributed by atoms with Crippen LogP contribution in [0.25, 0.3) is 11.1 Å². The zero-order chi connectivity index (χ0) is 36.7. The van der Waals surface area contributed by atoms with Gasteiger partial charge in [-0.05, 0) is 116 Å². The van der Waals surface area contributed by atoms with Gasteiger partial charge in [-0.1, -0.05) is 12.1 Å². The standard InChI is InChI=1S/C41H44O10/c1-24(40(42)28-14-16-32(44-3)36(22-28)46-5)50-34-18-12-26(20-38(34)48-7)30-10-9-11-31(30)27-13-19-35(39(21-27)49-8)51-25(2)41(43)29-15-17-33(45-4)37(23-29)47-6/h12-25H,9-11H2,1-8H3/t24-,25-/m1/s1. The molecule has 4 aromatic rings. The molecule has 268 valence electrons. The Bertz CT molecular complexity index is 1790. The smallest absolute Gasteiger partial charge is 0.203 e. The number of rotatable bonds is 16. The molecule has 0 aliphatic heterocycles. The van der Waals surface area contributed by atoms with Gasteiger partial charge in [-0.15, -0.1) is 0 Å². The van der Waals surface area contributed by atoms with Crippen LogP contribution < -0.4 is 37.9 Å². The summed E-state index contributed by atoms with van der Waals surface area (Å²) in [5.41, 5.74) is 5.26. The number of methoxy groups -OCH3 is 6. The van der Waals surface area contributed by atoms with Crippen LogP contribution in [0.2, 0.25) is 0 Å². The Morgan fingerprint density at radius 2 is 0.784 bits per heavy atom. The molecular weight excluding hydrogens is 652 g/mol. The van der Waals surface area contributed by atoms with Gasteiger partial charge in [0.05, 0.1) is 42.7 Å². The third-order valence-electron chi connectivity index (χ3n) is 8.92. The zero-order valence-electron chi connectivity index (χ0n) is 30.3. The number of carbonyl (C=O) groups is 2. The van der Waals surface area contributed by atoms with E-state index in [1.54, 1.807) is 78.7 Å². The lowest BCUT2D eigenvalue weighted by Crippen LogP contribution is -2.24. The molecule has 0 N–H and O–H groups in total. The first kappa shape index (κ1) is 36.6. The minimum atomic E-state index is -0.783. The van der Waals surface area contributed by atoms with Crippen molar-refractivity contribution in [1.29, 1.82) is 0 Å². The summed E-state index contributed by atoms with van der Waals surface area (Å²) in [7, 11) is 9.30. The molecule has 0 saturated carbocycles. The lowest BCUT2D eigenvalue weighted by atomic mass is 9.96. The van der Waals surface area contributed by atoms with Gasteiger partial charge in [0.2, 0.25) is 11.6 Å². The summed E-state index contributed by atoms with van der Waals surface area (Å²) >= 11 is 0. The molecule has 2 atom stereocenters. The summed E-state index contributed by atoms with van der Waals surface area (Å²) in [6.45, 7) is 3.41. The van der Waals surface area contributed by atoms with Gasteiger partial charge in [-0.2, -0.15) is 0 Å². The molecule has 0 aromatic heterocycles. The molecule has 10 nitrogen and oxygen atoms in total. The molecule has 0 spiro atoms. The predicted molar refractivity (Wildman–Crippen MR) is 195 cm³/mol. The maximum Gasteiger partial charge on any atom is 0.203 e. The van der Waals surface area contributed by atoms with Gasteiger partial charge >= 0.3 is 0 Å². The first-order valence-electron chi connectivity index (χ1n) is 16.6. The van der Waals surface area contributed by atoms with Crippen molar-refractivity contribution in [2.24, 2.45) is 0 Å². The van der Waals surface area contributed by atoms with E-state index in [0.29, 0.717) is 57.1 Å². The minimum Gasteiger partial charge on any atom is -0.493 e. The van der Waals surface area contributed by atoms with Gasteiger partial charge in [0, 0.05) is 11.1 Å². The van der Waals surface area contributed by atoms with E-state index in [0.717, 1.165) is 30.4 Å². The maximum absolute atomic E-state index is 13.3. The molecule has 1 aliphatic rings. The molecule has 10 heteroatoms. The second-order valence-electron chi connectivity index (χ2n) is 11.9. The lowest BCUT2D eigenvalue weighted by Gasteiger charge is -2.19. The summed E-state index contributed by atoms with van der Waals surface area (Å²) in [5, 5.41) is 0. The minimum absolute atomic E-state index is 0.205. The number of ketones is 2. The Kier molecular flexibility index (Phi) is 11.8. The highest BCUT2D eigenvalue weighted by molar-refractivity contribution is 6.01. The number of allylic oxidation sites excluding steroid dienone is 2. The number of benzene rings is 4. The number of hydrogen-bond donors (Lipinski definition) is 0. The molecule has 0 amide bonds. The predicted octanol–water partition coefficient (Wildman–Crippen LogP) is 8.13. The van der Waals surface area contributed by atoms with Crippen LogP contribution >= 0.6 is 0 Å². The zero-order valence-corrected chi connectivity index (χ0v) is 30.3. The Morgan fingerprint density at radius 3 is 1.14 bits per heavy atom. The van der Waals surface area contributed by atoms with Crippen molar-refractivity contribution in [3.8, 4) is 46.0 Å². The summed E-state index contributed by atoms with van der Waals surface area (Å²) < 4.78 is 45.0. The van der Waals surface area contributed by atoms with Gasteiger partial charge in [0.25, 0.3) is 0 Å². The first-order chi connectivity index (χ1) is 24.6. The SMILES string of the molecule is COc1ccc(C(=O)[C@@H](C)Oc2ccc(C3=C(c4ccc(O[C@H](C)C(=O)c5ccc(OC)c(OC)c5)c(OC)c4)CCC3)cc2OC)cc1OC. The normalized spacial score (nSPS) is 13.6. The van der Waals surface area contributed by atoms with Gasteiger partial charge in [0.15, 0.2) is 58.2 Å². The number of Topliss-reactive ketones (excluding diaryl/α,β-unsaturated/α-hetero) is 2. The van der Waals surface area contributed by atoms with Crippen molar-refractivity contribution in [2.45, 2.75) is 45.3 Å². The summed E-state index contributed by atoms with van der Waals surface area (Å²) in [4.78, 5) is 26.5. The van der Waals surface area contributed by atoms with Crippen LogP contribution in [-0.4, -0.2) is 66.4 Å². The van der Waals surface area contributed by atoms with Crippen molar-refractivity contribution < 1.29 is 47.5 Å². The molecule has 0 bridgehead atoms. The van der Waals surface area contributed by atoms with Gasteiger partial charge < -0.3 is 37.9 Å². The Hall–Kier alpha value is -5.64. The van der Waals surface area contributed by atoms with Crippen LogP contribution in [0.5, 0.6) is 46.0 Å². The average molecular weight is 697 g/mol. The second-order valence-corrected chi connectivity index (χ2v) is 11.9. The number of ether oxygens (including phenoxy) is 8. The average Bonchev–Trinajstić information content (AvgIpc) is 3.67. The van der Waals surface area contributed by atoms with Crippen LogP contribution in [-0.2, 0) is 0 Å². The largest absolute Gasteiger partial charge is 0.493 e. The van der Waals surface area contributed by atoms with E-state index in [2.05, 4.69) is 0 Å². The number of hydrogen-bond acceptors (Lipinski definition) is 10. The highest BCUT2D eigenvalue weighted by Crippen LogP contribution is 2.44. The van der Waals surface area contributed by atoms with Crippen LogP contribution in [0.4, 0.5) is 0 Å². The summed E-state index contributed by atoms with van der Waals surface area (Å²) in [6, 6.07) is 21.6. The molecule has 0 unspecified atom stereocenters. The van der Waals surface area contributed by atoms with Crippen molar-refractivity contribution in [2.75, 3.05) is 42.7 Å². The van der Waals surface area contributed by atoms with Crippen molar-refractivity contribution in [3.05, 3.63) is 95.1 Å². The van der Waals surface area contributed by atoms with Crippen LogP contribution in [0.3, 0.4) is 0 Å². The number of carbonyl (C=O) groups excluding carboxylic acids is 2. The third kappa shape index (κ3) is 7.90. The van der Waals surface area contributed by atoms with Gasteiger partial charge in [0.1, 0.15) is 0 Å². The van der Waals surface area contributed by atoms with E-state index in [-0.39, 0.29) is 11.6 Å². The molecular formula is C41H44O10. The fourth-order valence-electron chi connectivity index (χ4n) is 6.22. The van der Waals surface area contributed by atoms with Crippen LogP contribution in [0, 0.1) is 0 Å². The Morgan fingerprint density at radius 1 is 0.451 bits per heavy atom. The highest BCUT2D eigenvalue weighted by Gasteiger charge is 2.25. The second kappa shape index (κ2) is 16.4. The molecule has 1 aliphatic carbocycles. The highest BCUT2D eigenvalue weighted by atomic mass is 16.5. The Balaban J connectivity index is 1.35. The maximum atomic E-state index is 13.3. The summed E-state index contributed by atoms with van der Waals surface area (Å²) in [5.74, 6) is 3.56. The van der Waals surface area contributed by atoms with Crippen molar-refractivity contribution in [1.82, 2.24) is 0 Å². The quantitative estimate of drug-likeness (QED) is 0.107.